The average molecular weight is 257 g/mol. The number of esters is 1. The minimum absolute atomic E-state index is 0.199. The predicted molar refractivity (Wildman–Crippen MR) is 62.7 cm³/mol. The Hall–Kier alpha value is -1.50. The molecule has 0 spiro atoms. The van der Waals surface area contributed by atoms with Gasteiger partial charge in [0, 0.05) is 5.38 Å². The van der Waals surface area contributed by atoms with Crippen LogP contribution in [0.5, 0.6) is 0 Å². The second kappa shape index (κ2) is 5.22. The molecule has 0 aliphatic carbocycles. The fraction of sp³-hybridized carbons (Fsp3) is 0.600. The van der Waals surface area contributed by atoms with E-state index in [1.807, 2.05) is 0 Å². The highest BCUT2D eigenvalue weighted by Gasteiger charge is 2.23. The van der Waals surface area contributed by atoms with Crippen LogP contribution < -0.4 is 5.32 Å². The molecule has 17 heavy (non-hydrogen) atoms. The molecule has 0 aliphatic heterocycles. The van der Waals surface area contributed by atoms with Gasteiger partial charge in [-0.2, -0.15) is 0 Å². The van der Waals surface area contributed by atoms with Gasteiger partial charge in [-0.25, -0.2) is 4.79 Å². The molecule has 0 fully saturated rings. The van der Waals surface area contributed by atoms with Crippen molar-refractivity contribution in [2.24, 2.45) is 0 Å². The summed E-state index contributed by atoms with van der Waals surface area (Å²) in [5.74, 6) is -0.911. The molecule has 1 aromatic heterocycles. The highest BCUT2D eigenvalue weighted by atomic mass is 32.1. The van der Waals surface area contributed by atoms with Crippen molar-refractivity contribution in [3.8, 4) is 0 Å². The molecule has 0 unspecified atom stereocenters. The molecular weight excluding hydrogens is 242 g/mol. The molecule has 1 amide bonds. The van der Waals surface area contributed by atoms with Crippen molar-refractivity contribution >= 4 is 23.4 Å². The zero-order chi connectivity index (χ0) is 13.1. The molecule has 0 saturated heterocycles. The summed E-state index contributed by atoms with van der Waals surface area (Å²) in [5, 5.41) is 7.61. The van der Waals surface area contributed by atoms with Crippen molar-refractivity contribution in [3.05, 3.63) is 11.1 Å². The minimum Gasteiger partial charge on any atom is -0.458 e. The predicted octanol–water partition coefficient (Wildman–Crippen LogP) is 0.998. The summed E-state index contributed by atoms with van der Waals surface area (Å²) in [6, 6.07) is -0.719. The van der Waals surface area contributed by atoms with Gasteiger partial charge in [-0.1, -0.05) is 4.49 Å². The lowest BCUT2D eigenvalue weighted by atomic mass is 10.2. The molecule has 0 aliphatic rings. The molecule has 94 valence electrons. The van der Waals surface area contributed by atoms with E-state index in [0.717, 1.165) is 11.5 Å². The third-order valence-electron chi connectivity index (χ3n) is 1.70. The van der Waals surface area contributed by atoms with Crippen LogP contribution in [-0.4, -0.2) is 33.1 Å². The van der Waals surface area contributed by atoms with E-state index >= 15 is 0 Å². The zero-order valence-electron chi connectivity index (χ0n) is 10.2. The van der Waals surface area contributed by atoms with Gasteiger partial charge < -0.3 is 10.1 Å². The minimum atomic E-state index is -0.719. The van der Waals surface area contributed by atoms with Crippen LogP contribution >= 0.6 is 11.5 Å². The molecule has 0 aromatic carbocycles. The van der Waals surface area contributed by atoms with Crippen LogP contribution in [0.1, 0.15) is 38.2 Å². The SMILES string of the molecule is C[C@@H](NC(=O)c1csnn1)C(=O)OC(C)(C)C. The first-order valence-electron chi connectivity index (χ1n) is 5.10. The first-order valence-corrected chi connectivity index (χ1v) is 5.94. The van der Waals surface area contributed by atoms with Gasteiger partial charge in [-0.15, -0.1) is 5.10 Å². The number of ether oxygens (including phenoxy) is 1. The topological polar surface area (TPSA) is 81.2 Å². The number of amides is 1. The van der Waals surface area contributed by atoms with Gasteiger partial charge in [0.05, 0.1) is 0 Å². The van der Waals surface area contributed by atoms with Gasteiger partial charge in [0.25, 0.3) is 5.91 Å². The Labute approximate surface area is 104 Å². The highest BCUT2D eigenvalue weighted by Crippen LogP contribution is 2.08. The van der Waals surface area contributed by atoms with E-state index in [1.165, 1.54) is 5.38 Å². The van der Waals surface area contributed by atoms with Crippen LogP contribution in [0, 0.1) is 0 Å². The van der Waals surface area contributed by atoms with E-state index < -0.39 is 23.5 Å². The quantitative estimate of drug-likeness (QED) is 0.817. The monoisotopic (exact) mass is 257 g/mol. The largest absolute Gasteiger partial charge is 0.458 e. The van der Waals surface area contributed by atoms with Crippen molar-refractivity contribution in [1.29, 1.82) is 0 Å². The number of nitrogens with zero attached hydrogens (tertiary/aromatic N) is 2. The van der Waals surface area contributed by atoms with Gasteiger partial charge in [-0.3, -0.25) is 4.79 Å². The number of rotatable bonds is 3. The van der Waals surface area contributed by atoms with E-state index in [9.17, 15) is 9.59 Å². The Morgan fingerprint density at radius 2 is 2.12 bits per heavy atom. The molecule has 0 saturated carbocycles. The van der Waals surface area contributed by atoms with Gasteiger partial charge >= 0.3 is 5.97 Å². The molecule has 6 nitrogen and oxygen atoms in total. The summed E-state index contributed by atoms with van der Waals surface area (Å²) in [6.45, 7) is 6.86. The number of carbonyl (C=O) groups excluding carboxylic acids is 2. The lowest BCUT2D eigenvalue weighted by Gasteiger charge is -2.22. The van der Waals surface area contributed by atoms with Crippen molar-refractivity contribution in [1.82, 2.24) is 14.9 Å². The third-order valence-corrected chi connectivity index (χ3v) is 2.21. The maximum absolute atomic E-state index is 11.6. The Balaban J connectivity index is 2.52. The summed E-state index contributed by atoms with van der Waals surface area (Å²) in [6.07, 6.45) is 0. The summed E-state index contributed by atoms with van der Waals surface area (Å²) < 4.78 is 8.70. The van der Waals surface area contributed by atoms with Crippen LogP contribution in [0.25, 0.3) is 0 Å². The van der Waals surface area contributed by atoms with Gasteiger partial charge in [-0.05, 0) is 39.2 Å². The smallest absolute Gasteiger partial charge is 0.328 e. The lowest BCUT2D eigenvalue weighted by molar-refractivity contribution is -0.156. The lowest BCUT2D eigenvalue weighted by Crippen LogP contribution is -2.42. The van der Waals surface area contributed by atoms with Gasteiger partial charge in [0.15, 0.2) is 5.69 Å². The molecule has 0 radical (unpaired) electrons. The van der Waals surface area contributed by atoms with E-state index in [-0.39, 0.29) is 5.69 Å². The fourth-order valence-corrected chi connectivity index (χ4v) is 1.42. The first-order chi connectivity index (χ1) is 7.79. The van der Waals surface area contributed by atoms with E-state index in [1.54, 1.807) is 27.7 Å². The summed E-state index contributed by atoms with van der Waals surface area (Å²) >= 11 is 1.08. The molecule has 1 heterocycles. The number of carbonyl (C=O) groups is 2. The Bertz CT molecular complexity index is 397. The van der Waals surface area contributed by atoms with E-state index in [0.29, 0.717) is 0 Å². The van der Waals surface area contributed by atoms with Crippen molar-refractivity contribution in [3.63, 3.8) is 0 Å². The average Bonchev–Trinajstić information content (AvgIpc) is 2.67. The van der Waals surface area contributed by atoms with Crippen molar-refractivity contribution < 1.29 is 14.3 Å². The number of nitrogens with one attached hydrogen (secondary N) is 1. The Kier molecular flexibility index (Phi) is 4.17. The van der Waals surface area contributed by atoms with Crippen molar-refractivity contribution in [2.75, 3.05) is 0 Å². The molecular formula is C10H15N3O3S. The van der Waals surface area contributed by atoms with Crippen LogP contribution in [-0.2, 0) is 9.53 Å². The van der Waals surface area contributed by atoms with E-state index in [2.05, 4.69) is 14.9 Å². The summed E-state index contributed by atoms with van der Waals surface area (Å²) in [4.78, 5) is 23.2. The maximum atomic E-state index is 11.6. The third kappa shape index (κ3) is 4.48. The molecule has 1 rings (SSSR count). The Morgan fingerprint density at radius 3 is 2.59 bits per heavy atom. The van der Waals surface area contributed by atoms with Crippen molar-refractivity contribution in [2.45, 2.75) is 39.3 Å². The summed E-state index contributed by atoms with van der Waals surface area (Å²) in [7, 11) is 0. The Morgan fingerprint density at radius 1 is 1.47 bits per heavy atom. The van der Waals surface area contributed by atoms with Gasteiger partial charge in [0.1, 0.15) is 11.6 Å². The second-order valence-electron chi connectivity index (χ2n) is 4.52. The fourth-order valence-electron chi connectivity index (χ4n) is 0.983. The molecule has 0 bridgehead atoms. The number of hydrogen-bond acceptors (Lipinski definition) is 6. The maximum Gasteiger partial charge on any atom is 0.328 e. The first kappa shape index (κ1) is 13.6. The normalized spacial score (nSPS) is 12.9. The zero-order valence-corrected chi connectivity index (χ0v) is 11.0. The van der Waals surface area contributed by atoms with E-state index in [4.69, 9.17) is 4.74 Å². The number of hydrogen-bond donors (Lipinski definition) is 1. The van der Waals surface area contributed by atoms with Crippen LogP contribution in [0.3, 0.4) is 0 Å². The van der Waals surface area contributed by atoms with Crippen LogP contribution in [0.4, 0.5) is 0 Å². The number of aromatic nitrogens is 2. The molecule has 1 aromatic rings. The summed E-state index contributed by atoms with van der Waals surface area (Å²) in [5.41, 5.74) is -0.372. The van der Waals surface area contributed by atoms with Gasteiger partial charge in [0.2, 0.25) is 0 Å². The standard InChI is InChI=1S/C10H15N3O3S/c1-6(9(15)16-10(2,3)4)11-8(14)7-5-17-13-12-7/h5-6H,1-4H3,(H,11,14)/t6-/m1/s1. The molecule has 7 heteroatoms. The van der Waals surface area contributed by atoms with Crippen LogP contribution in [0.15, 0.2) is 5.38 Å². The van der Waals surface area contributed by atoms with Crippen LogP contribution in [0.2, 0.25) is 0 Å². The molecule has 1 atom stereocenters. The molecule has 1 N–H and O–H groups in total. The second-order valence-corrected chi connectivity index (χ2v) is 5.13. The highest BCUT2D eigenvalue weighted by molar-refractivity contribution is 7.03.